The summed E-state index contributed by atoms with van der Waals surface area (Å²) in [6, 6.07) is 18.9. The van der Waals surface area contributed by atoms with Crippen molar-refractivity contribution in [1.82, 2.24) is 4.90 Å². The minimum atomic E-state index is 0.0447. The molecule has 1 aromatic heterocycles. The molecule has 4 heteroatoms. The zero-order valence-corrected chi connectivity index (χ0v) is 16.6. The number of nitrogens with one attached hydrogen (secondary N) is 1. The number of hydrogen-bond donors (Lipinski definition) is 1. The lowest BCUT2D eigenvalue weighted by Gasteiger charge is -2.35. The zero-order valence-electron chi connectivity index (χ0n) is 15.7. The predicted octanol–water partition coefficient (Wildman–Crippen LogP) is 4.95. The van der Waals surface area contributed by atoms with E-state index in [0.29, 0.717) is 6.54 Å². The first-order chi connectivity index (χ1) is 13.1. The van der Waals surface area contributed by atoms with Gasteiger partial charge in [-0.3, -0.25) is 9.69 Å². The quantitative estimate of drug-likeness (QED) is 0.699. The lowest BCUT2D eigenvalue weighted by atomic mass is 9.93. The molecule has 0 radical (unpaired) electrons. The van der Waals surface area contributed by atoms with Crippen molar-refractivity contribution in [3.05, 3.63) is 87.1 Å². The summed E-state index contributed by atoms with van der Waals surface area (Å²) in [5, 5.41) is 5.28. The van der Waals surface area contributed by atoms with Crippen LogP contribution in [0.1, 0.15) is 33.2 Å². The van der Waals surface area contributed by atoms with E-state index >= 15 is 0 Å². The van der Waals surface area contributed by atoms with E-state index < -0.39 is 0 Å². The summed E-state index contributed by atoms with van der Waals surface area (Å²) in [6.07, 6.45) is 1.01. The number of amides is 1. The third-order valence-corrected chi connectivity index (χ3v) is 6.40. The fourth-order valence-electron chi connectivity index (χ4n) is 3.83. The first-order valence-electron chi connectivity index (χ1n) is 9.35. The van der Waals surface area contributed by atoms with E-state index in [1.54, 1.807) is 0 Å². The number of rotatable bonds is 4. The van der Waals surface area contributed by atoms with E-state index in [1.807, 2.05) is 29.5 Å². The molecule has 2 heterocycles. The number of fused-ring (bicyclic) bond motifs is 1. The van der Waals surface area contributed by atoms with E-state index in [-0.39, 0.29) is 11.9 Å². The van der Waals surface area contributed by atoms with Crippen LogP contribution in [0.3, 0.4) is 0 Å². The number of carbonyl (C=O) groups is 1. The van der Waals surface area contributed by atoms with Crippen LogP contribution in [0.25, 0.3) is 0 Å². The fourth-order valence-corrected chi connectivity index (χ4v) is 4.73. The van der Waals surface area contributed by atoms with Gasteiger partial charge in [-0.15, -0.1) is 11.3 Å². The van der Waals surface area contributed by atoms with Crippen molar-refractivity contribution in [2.75, 3.05) is 18.4 Å². The highest BCUT2D eigenvalue weighted by molar-refractivity contribution is 7.10. The van der Waals surface area contributed by atoms with Gasteiger partial charge in [-0.1, -0.05) is 42.5 Å². The Balaban J connectivity index is 1.57. The number of anilines is 1. The van der Waals surface area contributed by atoms with Gasteiger partial charge >= 0.3 is 0 Å². The molecule has 3 nitrogen and oxygen atoms in total. The molecule has 1 amide bonds. The van der Waals surface area contributed by atoms with E-state index in [2.05, 4.69) is 65.8 Å². The Morgan fingerprint density at radius 3 is 2.74 bits per heavy atom. The number of aryl methyl sites for hydroxylation is 1. The molecule has 138 valence electrons. The summed E-state index contributed by atoms with van der Waals surface area (Å²) in [5.41, 5.74) is 5.82. The number of carbonyl (C=O) groups excluding carboxylic acids is 1. The van der Waals surface area contributed by atoms with Gasteiger partial charge in [-0.05, 0) is 60.0 Å². The minimum absolute atomic E-state index is 0.0447. The van der Waals surface area contributed by atoms with Gasteiger partial charge in [0.2, 0.25) is 5.91 Å². The van der Waals surface area contributed by atoms with Crippen LogP contribution in [0, 0.1) is 13.8 Å². The van der Waals surface area contributed by atoms with Crippen LogP contribution < -0.4 is 5.32 Å². The summed E-state index contributed by atoms with van der Waals surface area (Å²) in [5.74, 6) is 0.0447. The van der Waals surface area contributed by atoms with E-state index in [4.69, 9.17) is 0 Å². The SMILES string of the molecule is Cc1cccc(NC(=O)CN2CCc3sccc3[C@H]2c2ccccc2)c1C. The molecule has 3 aromatic rings. The second kappa shape index (κ2) is 7.67. The molecule has 1 aliphatic heterocycles. The van der Waals surface area contributed by atoms with Crippen molar-refractivity contribution >= 4 is 22.9 Å². The predicted molar refractivity (Wildman–Crippen MR) is 112 cm³/mol. The normalized spacial score (nSPS) is 16.7. The Morgan fingerprint density at radius 1 is 1.11 bits per heavy atom. The van der Waals surface area contributed by atoms with Crippen LogP contribution in [0.4, 0.5) is 5.69 Å². The molecule has 0 unspecified atom stereocenters. The maximum absolute atomic E-state index is 12.8. The molecule has 0 aliphatic carbocycles. The Kier molecular flexibility index (Phi) is 5.10. The molecule has 0 spiro atoms. The van der Waals surface area contributed by atoms with Gasteiger partial charge in [-0.25, -0.2) is 0 Å². The fraction of sp³-hybridized carbons (Fsp3) is 0.261. The van der Waals surface area contributed by atoms with Gasteiger partial charge < -0.3 is 5.32 Å². The standard InChI is InChI=1S/C23H24N2OS/c1-16-7-6-10-20(17(16)2)24-22(26)15-25-13-11-21-19(12-14-27-21)23(25)18-8-4-3-5-9-18/h3-10,12,14,23H,11,13,15H2,1-2H3,(H,24,26)/t23-/m1/s1. The highest BCUT2D eigenvalue weighted by Gasteiger charge is 2.30. The first kappa shape index (κ1) is 18.0. The Morgan fingerprint density at radius 2 is 1.93 bits per heavy atom. The molecule has 1 aliphatic rings. The van der Waals surface area contributed by atoms with Crippen LogP contribution in [0.5, 0.6) is 0 Å². The highest BCUT2D eigenvalue weighted by Crippen LogP contribution is 2.37. The van der Waals surface area contributed by atoms with E-state index in [1.165, 1.54) is 21.6 Å². The molecular formula is C23H24N2OS. The Bertz CT molecular complexity index is 948. The molecule has 4 rings (SSSR count). The Hall–Kier alpha value is -2.43. The van der Waals surface area contributed by atoms with Gasteiger partial charge in [0.25, 0.3) is 0 Å². The van der Waals surface area contributed by atoms with Crippen LogP contribution in [0.15, 0.2) is 60.0 Å². The maximum atomic E-state index is 12.8. The number of thiophene rings is 1. The minimum Gasteiger partial charge on any atom is -0.325 e. The number of hydrogen-bond acceptors (Lipinski definition) is 3. The van der Waals surface area contributed by atoms with Crippen LogP contribution in [-0.4, -0.2) is 23.9 Å². The van der Waals surface area contributed by atoms with Crippen molar-refractivity contribution in [3.8, 4) is 0 Å². The molecule has 1 atom stereocenters. The van der Waals surface area contributed by atoms with Crippen LogP contribution in [0.2, 0.25) is 0 Å². The maximum Gasteiger partial charge on any atom is 0.238 e. The molecule has 0 bridgehead atoms. The van der Waals surface area contributed by atoms with Gasteiger partial charge in [0.05, 0.1) is 12.6 Å². The second-order valence-corrected chi connectivity index (χ2v) is 8.13. The summed E-state index contributed by atoms with van der Waals surface area (Å²) in [7, 11) is 0. The topological polar surface area (TPSA) is 32.3 Å². The summed E-state index contributed by atoms with van der Waals surface area (Å²) < 4.78 is 0. The van der Waals surface area contributed by atoms with Crippen molar-refractivity contribution in [2.45, 2.75) is 26.3 Å². The van der Waals surface area contributed by atoms with E-state index in [0.717, 1.165) is 24.2 Å². The number of benzene rings is 2. The summed E-state index contributed by atoms with van der Waals surface area (Å²) in [4.78, 5) is 16.6. The van der Waals surface area contributed by atoms with Gasteiger partial charge in [0.1, 0.15) is 0 Å². The van der Waals surface area contributed by atoms with Gasteiger partial charge in [-0.2, -0.15) is 0 Å². The molecule has 0 saturated heterocycles. The molecule has 0 saturated carbocycles. The molecule has 2 aromatic carbocycles. The lowest BCUT2D eigenvalue weighted by molar-refractivity contribution is -0.117. The monoisotopic (exact) mass is 376 g/mol. The average Bonchev–Trinajstić information content (AvgIpc) is 3.15. The number of nitrogens with zero attached hydrogens (tertiary/aromatic N) is 1. The van der Waals surface area contributed by atoms with Crippen molar-refractivity contribution < 1.29 is 4.79 Å². The first-order valence-corrected chi connectivity index (χ1v) is 10.2. The second-order valence-electron chi connectivity index (χ2n) is 7.13. The highest BCUT2D eigenvalue weighted by atomic mass is 32.1. The zero-order chi connectivity index (χ0) is 18.8. The summed E-state index contributed by atoms with van der Waals surface area (Å²) >= 11 is 1.82. The molecule has 27 heavy (non-hydrogen) atoms. The third-order valence-electron chi connectivity index (χ3n) is 5.41. The average molecular weight is 377 g/mol. The molecular weight excluding hydrogens is 352 g/mol. The molecule has 1 N–H and O–H groups in total. The molecule has 0 fully saturated rings. The van der Waals surface area contributed by atoms with Crippen molar-refractivity contribution in [3.63, 3.8) is 0 Å². The van der Waals surface area contributed by atoms with Crippen LogP contribution >= 0.6 is 11.3 Å². The van der Waals surface area contributed by atoms with Crippen LogP contribution in [-0.2, 0) is 11.2 Å². The van der Waals surface area contributed by atoms with E-state index in [9.17, 15) is 4.79 Å². The van der Waals surface area contributed by atoms with Gasteiger partial charge in [0, 0.05) is 17.1 Å². The Labute approximate surface area is 164 Å². The smallest absolute Gasteiger partial charge is 0.238 e. The summed E-state index contributed by atoms with van der Waals surface area (Å²) in [6.45, 7) is 5.41. The third kappa shape index (κ3) is 3.68. The van der Waals surface area contributed by atoms with Crippen molar-refractivity contribution in [1.29, 1.82) is 0 Å². The van der Waals surface area contributed by atoms with Gasteiger partial charge in [0.15, 0.2) is 0 Å². The lowest BCUT2D eigenvalue weighted by Crippen LogP contribution is -2.40. The largest absolute Gasteiger partial charge is 0.325 e. The van der Waals surface area contributed by atoms with Crippen molar-refractivity contribution in [2.24, 2.45) is 0 Å².